The number of hydrogen-bond acceptors (Lipinski definition) is 10. The van der Waals surface area contributed by atoms with Crippen molar-refractivity contribution in [1.82, 2.24) is 14.4 Å². The van der Waals surface area contributed by atoms with E-state index in [1.807, 2.05) is 0 Å². The van der Waals surface area contributed by atoms with Crippen LogP contribution in [-0.2, 0) is 40.2 Å². The number of methoxy groups -OCH3 is 2. The number of ether oxygens (including phenoxy) is 3. The lowest BCUT2D eigenvalue weighted by atomic mass is 10.3. The van der Waals surface area contributed by atoms with E-state index in [0.29, 0.717) is 16.0 Å². The number of rotatable bonds is 8. The molecule has 37 heavy (non-hydrogen) atoms. The molecule has 0 saturated carbocycles. The van der Waals surface area contributed by atoms with E-state index in [9.17, 15) is 27.6 Å². The van der Waals surface area contributed by atoms with Crippen molar-refractivity contribution in [3.63, 3.8) is 0 Å². The van der Waals surface area contributed by atoms with Crippen LogP contribution in [-0.4, -0.2) is 105 Å². The molecule has 0 atom stereocenters. The maximum atomic E-state index is 12.6. The van der Waals surface area contributed by atoms with Crippen LogP contribution < -0.4 is 9.54 Å². The third-order valence-corrected chi connectivity index (χ3v) is 7.89. The van der Waals surface area contributed by atoms with Crippen LogP contribution in [0.2, 0.25) is 0 Å². The van der Waals surface area contributed by atoms with Gasteiger partial charge >= 0.3 is 12.1 Å². The fraction of sp³-hybridized carbons (Fsp3) is 0.500. The smallest absolute Gasteiger partial charge is 0.409 e. The molecule has 2 heterocycles. The predicted molar refractivity (Wildman–Crippen MR) is 133 cm³/mol. The lowest BCUT2D eigenvalue weighted by molar-refractivity contribution is -0.141. The first-order valence-electron chi connectivity index (χ1n) is 11.3. The Hall–Kier alpha value is -3.46. The number of carbonyl (C=O) groups is 4. The zero-order chi connectivity index (χ0) is 27.2. The van der Waals surface area contributed by atoms with Gasteiger partial charge in [-0.05, 0) is 25.1 Å². The molecular weight excluding hydrogens is 528 g/mol. The summed E-state index contributed by atoms with van der Waals surface area (Å²) in [5.74, 6) is -3.49. The van der Waals surface area contributed by atoms with E-state index >= 15 is 0 Å². The van der Waals surface area contributed by atoms with Gasteiger partial charge in [-0.3, -0.25) is 14.4 Å². The Morgan fingerprint density at radius 1 is 1.03 bits per heavy atom. The number of benzene rings is 1. The molecule has 0 aliphatic carbocycles. The van der Waals surface area contributed by atoms with Gasteiger partial charge in [-0.2, -0.15) is 4.99 Å². The Labute approximate surface area is 217 Å². The van der Waals surface area contributed by atoms with Crippen LogP contribution in [0.25, 0.3) is 10.2 Å². The Bertz CT molecular complexity index is 1360. The second-order valence-electron chi connectivity index (χ2n) is 7.99. The first kappa shape index (κ1) is 28.1. The summed E-state index contributed by atoms with van der Waals surface area (Å²) >= 11 is 1.08. The van der Waals surface area contributed by atoms with Crippen molar-refractivity contribution < 1.29 is 41.8 Å². The Morgan fingerprint density at radius 2 is 1.70 bits per heavy atom. The molecule has 3 amide bonds. The molecule has 15 heteroatoms. The molecule has 0 radical (unpaired) electrons. The number of esters is 1. The normalized spacial score (nSPS) is 14.5. The number of piperazine rings is 1. The van der Waals surface area contributed by atoms with Crippen LogP contribution in [0.3, 0.4) is 0 Å². The monoisotopic (exact) mass is 556 g/mol. The second kappa shape index (κ2) is 12.2. The largest absolute Gasteiger partial charge is 0.497 e. The van der Waals surface area contributed by atoms with Gasteiger partial charge in [0.1, 0.15) is 23.8 Å². The second-order valence-corrected chi connectivity index (χ2v) is 11.1. The minimum Gasteiger partial charge on any atom is -0.497 e. The average molecular weight is 557 g/mol. The van der Waals surface area contributed by atoms with E-state index in [-0.39, 0.29) is 44.1 Å². The highest BCUT2D eigenvalue weighted by Crippen LogP contribution is 2.23. The van der Waals surface area contributed by atoms with Crippen molar-refractivity contribution in [3.05, 3.63) is 23.0 Å². The standard InChI is InChI=1S/C22H28N4O9S2/c1-4-35-22(30)25-9-7-24(8-10-25)19(28)14-37(31,32)13-18(27)23-21-26(12-20(29)34-3)16-6-5-15(33-2)11-17(16)36-21/h5-6,11H,4,7-10,12-14H2,1-3H3. The predicted octanol–water partition coefficient (Wildman–Crippen LogP) is 0.0272. The molecule has 2 aromatic rings. The summed E-state index contributed by atoms with van der Waals surface area (Å²) in [6.45, 7) is 2.43. The number of sulfone groups is 1. The number of aromatic nitrogens is 1. The minimum absolute atomic E-state index is 0.107. The fourth-order valence-electron chi connectivity index (χ4n) is 3.62. The van der Waals surface area contributed by atoms with E-state index in [2.05, 4.69) is 4.99 Å². The van der Waals surface area contributed by atoms with Crippen molar-refractivity contribution in [2.24, 2.45) is 4.99 Å². The summed E-state index contributed by atoms with van der Waals surface area (Å²) in [4.78, 5) is 55.6. The highest BCUT2D eigenvalue weighted by molar-refractivity contribution is 7.92. The molecular formula is C22H28N4O9S2. The zero-order valence-electron chi connectivity index (χ0n) is 20.7. The third-order valence-electron chi connectivity index (χ3n) is 5.47. The van der Waals surface area contributed by atoms with Crippen LogP contribution in [0.4, 0.5) is 4.79 Å². The molecule has 1 aromatic carbocycles. The average Bonchev–Trinajstić information content (AvgIpc) is 3.18. The van der Waals surface area contributed by atoms with Gasteiger partial charge in [0.15, 0.2) is 14.6 Å². The molecule has 3 rings (SSSR count). The Balaban J connectivity index is 1.72. The zero-order valence-corrected chi connectivity index (χ0v) is 22.3. The highest BCUT2D eigenvalue weighted by Gasteiger charge is 2.29. The van der Waals surface area contributed by atoms with Gasteiger partial charge in [-0.15, -0.1) is 0 Å². The summed E-state index contributed by atoms with van der Waals surface area (Å²) in [5, 5.41) is 0. The first-order chi connectivity index (χ1) is 17.6. The molecule has 1 aliphatic rings. The lowest BCUT2D eigenvalue weighted by Crippen LogP contribution is -2.52. The van der Waals surface area contributed by atoms with E-state index in [0.717, 1.165) is 11.3 Å². The number of nitrogens with zero attached hydrogens (tertiary/aromatic N) is 4. The van der Waals surface area contributed by atoms with Crippen molar-refractivity contribution in [3.8, 4) is 5.75 Å². The molecule has 0 bridgehead atoms. The summed E-state index contributed by atoms with van der Waals surface area (Å²) in [5.41, 5.74) is 0.586. The van der Waals surface area contributed by atoms with E-state index < -0.39 is 45.2 Å². The number of thiazole rings is 1. The first-order valence-corrected chi connectivity index (χ1v) is 13.9. The molecule has 0 unspecified atom stereocenters. The number of fused-ring (bicyclic) bond motifs is 1. The van der Waals surface area contributed by atoms with Gasteiger partial charge in [-0.1, -0.05) is 11.3 Å². The van der Waals surface area contributed by atoms with Crippen molar-refractivity contribution >= 4 is 55.3 Å². The molecule has 0 N–H and O–H groups in total. The van der Waals surface area contributed by atoms with Crippen LogP contribution in [0.1, 0.15) is 6.92 Å². The van der Waals surface area contributed by atoms with Crippen LogP contribution in [0.5, 0.6) is 5.75 Å². The van der Waals surface area contributed by atoms with Gasteiger partial charge in [0.05, 0.1) is 31.0 Å². The Morgan fingerprint density at radius 3 is 2.32 bits per heavy atom. The molecule has 0 spiro atoms. The van der Waals surface area contributed by atoms with E-state index in [1.54, 1.807) is 25.1 Å². The Kier molecular flexibility index (Phi) is 9.26. The quantitative estimate of drug-likeness (QED) is 0.410. The SMILES string of the molecule is CCOC(=O)N1CCN(C(=O)CS(=O)(=O)CC(=O)N=c2sc3cc(OC)ccc3n2CC(=O)OC)CC1. The van der Waals surface area contributed by atoms with E-state index in [4.69, 9.17) is 14.2 Å². The van der Waals surface area contributed by atoms with Crippen molar-refractivity contribution in [2.45, 2.75) is 13.5 Å². The molecule has 1 fully saturated rings. The summed E-state index contributed by atoms with van der Waals surface area (Å²) in [6.07, 6.45) is -0.487. The van der Waals surface area contributed by atoms with Gasteiger partial charge in [0.2, 0.25) is 5.91 Å². The highest BCUT2D eigenvalue weighted by atomic mass is 32.2. The summed E-state index contributed by atoms with van der Waals surface area (Å²) in [6, 6.07) is 5.07. The number of amides is 3. The van der Waals surface area contributed by atoms with Gasteiger partial charge in [0, 0.05) is 26.2 Å². The van der Waals surface area contributed by atoms with Crippen LogP contribution >= 0.6 is 11.3 Å². The number of hydrogen-bond donors (Lipinski definition) is 0. The van der Waals surface area contributed by atoms with Gasteiger partial charge in [0.25, 0.3) is 5.91 Å². The van der Waals surface area contributed by atoms with Gasteiger partial charge < -0.3 is 28.6 Å². The molecule has 1 saturated heterocycles. The van der Waals surface area contributed by atoms with E-state index in [1.165, 1.54) is 28.6 Å². The molecule has 13 nitrogen and oxygen atoms in total. The molecule has 1 aromatic heterocycles. The van der Waals surface area contributed by atoms with Gasteiger partial charge in [-0.25, -0.2) is 13.2 Å². The summed E-state index contributed by atoms with van der Waals surface area (Å²) < 4.78 is 42.2. The lowest BCUT2D eigenvalue weighted by Gasteiger charge is -2.34. The fourth-order valence-corrected chi connectivity index (χ4v) is 5.80. The van der Waals surface area contributed by atoms with Crippen LogP contribution in [0.15, 0.2) is 23.2 Å². The molecule has 202 valence electrons. The van der Waals surface area contributed by atoms with Crippen LogP contribution in [0, 0.1) is 0 Å². The topological polar surface area (TPSA) is 154 Å². The third kappa shape index (κ3) is 7.29. The number of carbonyl (C=O) groups excluding carboxylic acids is 4. The van der Waals surface area contributed by atoms with Crippen molar-refractivity contribution in [2.75, 3.05) is 58.5 Å². The molecule has 1 aliphatic heterocycles. The van der Waals surface area contributed by atoms with Crippen molar-refractivity contribution in [1.29, 1.82) is 0 Å². The minimum atomic E-state index is -4.13. The maximum Gasteiger partial charge on any atom is 0.409 e. The summed E-state index contributed by atoms with van der Waals surface area (Å²) in [7, 11) is -1.40. The maximum absolute atomic E-state index is 12.6.